The van der Waals surface area contributed by atoms with Crippen molar-refractivity contribution in [2.75, 3.05) is 6.61 Å². The molecule has 0 spiro atoms. The van der Waals surface area contributed by atoms with Crippen LogP contribution in [0.3, 0.4) is 0 Å². The van der Waals surface area contributed by atoms with Crippen LogP contribution in [0.15, 0.2) is 42.5 Å². The molecule has 1 aliphatic heterocycles. The average Bonchev–Trinajstić information content (AvgIpc) is 2.49. The van der Waals surface area contributed by atoms with Gasteiger partial charge in [0.25, 0.3) is 0 Å². The SMILES string of the molecule is OC(Cc1ccc(F)cc1)c1ccc2c(c1)CCCO2. The van der Waals surface area contributed by atoms with Crippen molar-refractivity contribution in [1.29, 1.82) is 0 Å². The van der Waals surface area contributed by atoms with E-state index in [-0.39, 0.29) is 5.82 Å². The van der Waals surface area contributed by atoms with E-state index < -0.39 is 6.10 Å². The fourth-order valence-electron chi connectivity index (χ4n) is 2.55. The van der Waals surface area contributed by atoms with Gasteiger partial charge in [-0.25, -0.2) is 4.39 Å². The molecule has 0 saturated carbocycles. The molecule has 2 aromatic carbocycles. The highest BCUT2D eigenvalue weighted by Crippen LogP contribution is 2.29. The second-order valence-corrected chi connectivity index (χ2v) is 5.17. The minimum absolute atomic E-state index is 0.255. The molecule has 0 aliphatic carbocycles. The van der Waals surface area contributed by atoms with Gasteiger partial charge >= 0.3 is 0 Å². The second-order valence-electron chi connectivity index (χ2n) is 5.17. The molecule has 2 nitrogen and oxygen atoms in total. The highest BCUT2D eigenvalue weighted by atomic mass is 19.1. The summed E-state index contributed by atoms with van der Waals surface area (Å²) in [5.41, 5.74) is 2.97. The largest absolute Gasteiger partial charge is 0.493 e. The Morgan fingerprint density at radius 3 is 2.75 bits per heavy atom. The number of aliphatic hydroxyl groups is 1. The third-order valence-corrected chi connectivity index (χ3v) is 3.66. The zero-order valence-corrected chi connectivity index (χ0v) is 11.2. The number of rotatable bonds is 3. The molecule has 1 aliphatic rings. The lowest BCUT2D eigenvalue weighted by Gasteiger charge is -2.19. The van der Waals surface area contributed by atoms with Gasteiger partial charge in [0.05, 0.1) is 12.7 Å². The van der Waals surface area contributed by atoms with Crippen molar-refractivity contribution in [3.05, 3.63) is 65.0 Å². The lowest BCUT2D eigenvalue weighted by Crippen LogP contribution is -2.10. The molecule has 0 bridgehead atoms. The molecule has 0 amide bonds. The summed E-state index contributed by atoms with van der Waals surface area (Å²) in [6.45, 7) is 0.768. The molecular formula is C17H17FO2. The van der Waals surface area contributed by atoms with E-state index in [1.807, 2.05) is 18.2 Å². The smallest absolute Gasteiger partial charge is 0.123 e. The Hall–Kier alpha value is -1.87. The normalized spacial score (nSPS) is 15.3. The topological polar surface area (TPSA) is 29.5 Å². The van der Waals surface area contributed by atoms with Crippen LogP contribution in [-0.2, 0) is 12.8 Å². The van der Waals surface area contributed by atoms with E-state index in [2.05, 4.69) is 0 Å². The molecule has 1 atom stereocenters. The number of aryl methyl sites for hydroxylation is 1. The van der Waals surface area contributed by atoms with Crippen molar-refractivity contribution in [2.45, 2.75) is 25.4 Å². The van der Waals surface area contributed by atoms with Crippen LogP contribution in [0.5, 0.6) is 5.75 Å². The van der Waals surface area contributed by atoms with Gasteiger partial charge < -0.3 is 9.84 Å². The van der Waals surface area contributed by atoms with Crippen molar-refractivity contribution in [3.63, 3.8) is 0 Å². The van der Waals surface area contributed by atoms with E-state index in [4.69, 9.17) is 4.74 Å². The van der Waals surface area contributed by atoms with Crippen molar-refractivity contribution < 1.29 is 14.2 Å². The van der Waals surface area contributed by atoms with E-state index in [9.17, 15) is 9.50 Å². The molecular weight excluding hydrogens is 255 g/mol. The van der Waals surface area contributed by atoms with Gasteiger partial charge in [0, 0.05) is 6.42 Å². The molecule has 3 rings (SSSR count). The number of benzene rings is 2. The van der Waals surface area contributed by atoms with E-state index >= 15 is 0 Å². The van der Waals surface area contributed by atoms with Crippen molar-refractivity contribution in [1.82, 2.24) is 0 Å². The zero-order valence-electron chi connectivity index (χ0n) is 11.2. The first kappa shape index (κ1) is 13.1. The maximum Gasteiger partial charge on any atom is 0.123 e. The summed E-state index contributed by atoms with van der Waals surface area (Å²) in [7, 11) is 0. The Morgan fingerprint density at radius 2 is 1.95 bits per heavy atom. The summed E-state index contributed by atoms with van der Waals surface area (Å²) < 4.78 is 18.4. The van der Waals surface area contributed by atoms with Crippen molar-refractivity contribution >= 4 is 0 Å². The highest BCUT2D eigenvalue weighted by Gasteiger charge is 2.14. The first-order valence-electron chi connectivity index (χ1n) is 6.90. The Morgan fingerprint density at radius 1 is 1.15 bits per heavy atom. The van der Waals surface area contributed by atoms with Gasteiger partial charge in [-0.05, 0) is 53.8 Å². The number of hydrogen-bond acceptors (Lipinski definition) is 2. The zero-order chi connectivity index (χ0) is 13.9. The number of ether oxygens (including phenoxy) is 1. The van der Waals surface area contributed by atoms with Gasteiger partial charge in [-0.15, -0.1) is 0 Å². The van der Waals surface area contributed by atoms with E-state index in [1.165, 1.54) is 12.1 Å². The monoisotopic (exact) mass is 272 g/mol. The van der Waals surface area contributed by atoms with Crippen LogP contribution in [0, 0.1) is 5.82 Å². The average molecular weight is 272 g/mol. The quantitative estimate of drug-likeness (QED) is 0.927. The maximum atomic E-state index is 12.9. The van der Waals surface area contributed by atoms with E-state index in [1.54, 1.807) is 12.1 Å². The number of aliphatic hydroxyl groups excluding tert-OH is 1. The minimum Gasteiger partial charge on any atom is -0.493 e. The Balaban J connectivity index is 1.76. The lowest BCUT2D eigenvalue weighted by atomic mass is 9.97. The standard InChI is InChI=1S/C17H17FO2/c18-15-6-3-12(4-7-15)10-16(19)13-5-8-17-14(11-13)2-1-9-20-17/h3-8,11,16,19H,1-2,9-10H2. The molecule has 3 heteroatoms. The summed E-state index contributed by atoms with van der Waals surface area (Å²) in [6, 6.07) is 12.1. The Kier molecular flexibility index (Phi) is 3.70. The van der Waals surface area contributed by atoms with Crippen LogP contribution in [-0.4, -0.2) is 11.7 Å². The van der Waals surface area contributed by atoms with E-state index in [0.29, 0.717) is 6.42 Å². The molecule has 0 radical (unpaired) electrons. The van der Waals surface area contributed by atoms with Crippen molar-refractivity contribution in [3.8, 4) is 5.75 Å². The first-order valence-corrected chi connectivity index (χ1v) is 6.90. The molecule has 0 fully saturated rings. The molecule has 1 N–H and O–H groups in total. The summed E-state index contributed by atoms with van der Waals surface area (Å²) in [6.07, 6.45) is 1.92. The fourth-order valence-corrected chi connectivity index (χ4v) is 2.55. The Bertz CT molecular complexity index is 592. The third-order valence-electron chi connectivity index (χ3n) is 3.66. The molecule has 1 unspecified atom stereocenters. The minimum atomic E-state index is -0.576. The number of fused-ring (bicyclic) bond motifs is 1. The maximum absolute atomic E-state index is 12.9. The van der Waals surface area contributed by atoms with Gasteiger partial charge in [0.2, 0.25) is 0 Å². The molecule has 20 heavy (non-hydrogen) atoms. The summed E-state index contributed by atoms with van der Waals surface area (Å²) in [5.74, 6) is 0.670. The number of halogens is 1. The van der Waals surface area contributed by atoms with Gasteiger partial charge in [-0.3, -0.25) is 0 Å². The van der Waals surface area contributed by atoms with Crippen LogP contribution in [0.4, 0.5) is 4.39 Å². The predicted octanol–water partition coefficient (Wildman–Crippen LogP) is 3.43. The predicted molar refractivity (Wildman–Crippen MR) is 75.3 cm³/mol. The molecule has 1 heterocycles. The third kappa shape index (κ3) is 2.83. The summed E-state index contributed by atoms with van der Waals surface area (Å²) >= 11 is 0. The second kappa shape index (κ2) is 5.63. The van der Waals surface area contributed by atoms with Crippen LogP contribution in [0.2, 0.25) is 0 Å². The van der Waals surface area contributed by atoms with E-state index in [0.717, 1.165) is 41.9 Å². The van der Waals surface area contributed by atoms with Gasteiger partial charge in [0.1, 0.15) is 11.6 Å². The molecule has 104 valence electrons. The van der Waals surface area contributed by atoms with Crippen LogP contribution in [0.1, 0.15) is 29.2 Å². The number of hydrogen-bond donors (Lipinski definition) is 1. The van der Waals surface area contributed by atoms with Gasteiger partial charge in [-0.2, -0.15) is 0 Å². The van der Waals surface area contributed by atoms with Gasteiger partial charge in [-0.1, -0.05) is 18.2 Å². The van der Waals surface area contributed by atoms with Crippen molar-refractivity contribution in [2.24, 2.45) is 0 Å². The van der Waals surface area contributed by atoms with Gasteiger partial charge in [0.15, 0.2) is 0 Å². The molecule has 0 aromatic heterocycles. The Labute approximate surface area is 117 Å². The van der Waals surface area contributed by atoms with Crippen LogP contribution < -0.4 is 4.74 Å². The highest BCUT2D eigenvalue weighted by molar-refractivity contribution is 5.39. The first-order chi connectivity index (χ1) is 9.72. The van der Waals surface area contributed by atoms with Crippen LogP contribution in [0.25, 0.3) is 0 Å². The fraction of sp³-hybridized carbons (Fsp3) is 0.294. The summed E-state index contributed by atoms with van der Waals surface area (Å²) in [5, 5.41) is 10.3. The van der Waals surface area contributed by atoms with Crippen LogP contribution >= 0.6 is 0 Å². The molecule has 0 saturated heterocycles. The molecule has 2 aromatic rings. The summed E-state index contributed by atoms with van der Waals surface area (Å²) in [4.78, 5) is 0. The lowest BCUT2D eigenvalue weighted by molar-refractivity contribution is 0.178.